The third-order valence-corrected chi connectivity index (χ3v) is 19.8. The molecule has 6 aliphatic rings. The van der Waals surface area contributed by atoms with Crippen LogP contribution < -0.4 is 4.74 Å². The molecule has 6 saturated carbocycles. The molecule has 5 unspecified atom stereocenters. The van der Waals surface area contributed by atoms with Crippen molar-refractivity contribution >= 4 is 0 Å². The second kappa shape index (κ2) is 80.2. The van der Waals surface area contributed by atoms with Gasteiger partial charge in [-0.3, -0.25) is 0 Å². The largest absolute Gasteiger partial charge is 0.494 e. The van der Waals surface area contributed by atoms with E-state index in [1.54, 1.807) is 7.11 Å². The maximum Gasteiger partial charge on any atom is 0.119 e. The van der Waals surface area contributed by atoms with Gasteiger partial charge in [0.05, 0.1) is 55.4 Å². The van der Waals surface area contributed by atoms with Gasteiger partial charge in [0.2, 0.25) is 0 Å². The Hall–Kier alpha value is -2.98. The Balaban J connectivity index is -0.00000113. The molecule has 642 valence electrons. The van der Waals surface area contributed by atoms with Crippen LogP contribution in [0.25, 0.3) is 0 Å². The molecule has 0 aliphatic heterocycles. The maximum atomic E-state index is 5.48. The van der Waals surface area contributed by atoms with Crippen molar-refractivity contribution in [3.8, 4) is 5.75 Å². The molecule has 9 rings (SSSR count). The van der Waals surface area contributed by atoms with Crippen LogP contribution in [0.2, 0.25) is 0 Å². The first-order chi connectivity index (χ1) is 52.5. The Morgan fingerprint density at radius 2 is 0.835 bits per heavy atom. The van der Waals surface area contributed by atoms with Crippen LogP contribution in [0.5, 0.6) is 5.75 Å². The summed E-state index contributed by atoms with van der Waals surface area (Å²) in [7, 11) is 1.71. The number of methoxy groups -OCH3 is 1. The van der Waals surface area contributed by atoms with Crippen LogP contribution in [-0.2, 0) is 65.1 Å². The summed E-state index contributed by atoms with van der Waals surface area (Å²) in [5, 5.41) is 0. The fourth-order valence-electron chi connectivity index (χ4n) is 12.9. The number of hydrogen-bond acceptors (Lipinski definition) is 12. The lowest BCUT2D eigenvalue weighted by molar-refractivity contribution is 0.00530. The maximum absolute atomic E-state index is 5.48. The summed E-state index contributed by atoms with van der Waals surface area (Å²) in [6, 6.07) is 30.4. The van der Waals surface area contributed by atoms with Crippen molar-refractivity contribution in [2.45, 2.75) is 374 Å². The number of ether oxygens (including phenoxy) is 12. The van der Waals surface area contributed by atoms with Crippen molar-refractivity contribution in [3.05, 3.63) is 102 Å². The highest BCUT2D eigenvalue weighted by Gasteiger charge is 2.39. The van der Waals surface area contributed by atoms with E-state index >= 15 is 0 Å². The lowest BCUT2D eigenvalue weighted by Crippen LogP contribution is -2.18. The summed E-state index contributed by atoms with van der Waals surface area (Å²) >= 11 is 0. The number of fused-ring (bicyclic) bond motifs is 2. The molecule has 6 fully saturated rings. The first-order valence-corrected chi connectivity index (χ1v) is 44.8. The van der Waals surface area contributed by atoms with Gasteiger partial charge in [-0.1, -0.05) is 203 Å². The Bertz CT molecular complexity index is 2160. The summed E-state index contributed by atoms with van der Waals surface area (Å²) in [6.45, 7) is 59.6. The van der Waals surface area contributed by atoms with Crippen LogP contribution in [0.4, 0.5) is 0 Å². The monoisotopic (exact) mass is 1540 g/mol. The van der Waals surface area contributed by atoms with Gasteiger partial charge in [0.1, 0.15) is 5.75 Å². The topological polar surface area (TPSA) is 111 Å². The first kappa shape index (κ1) is 110. The third-order valence-electron chi connectivity index (χ3n) is 19.8. The van der Waals surface area contributed by atoms with Crippen molar-refractivity contribution in [1.29, 1.82) is 0 Å². The number of hydrogen-bond donors (Lipinski definition) is 0. The Labute approximate surface area is 677 Å². The molecule has 3 aromatic carbocycles. The highest BCUT2D eigenvalue weighted by Crippen LogP contribution is 2.48. The van der Waals surface area contributed by atoms with Crippen LogP contribution in [0.3, 0.4) is 0 Å². The van der Waals surface area contributed by atoms with Gasteiger partial charge in [0.15, 0.2) is 0 Å². The minimum atomic E-state index is 0.0417. The van der Waals surface area contributed by atoms with E-state index in [0.717, 1.165) is 167 Å². The van der Waals surface area contributed by atoms with Gasteiger partial charge >= 0.3 is 0 Å². The Morgan fingerprint density at radius 1 is 0.394 bits per heavy atom. The quantitative estimate of drug-likeness (QED) is 0.0555. The van der Waals surface area contributed by atoms with E-state index in [-0.39, 0.29) is 11.2 Å². The second-order valence-corrected chi connectivity index (χ2v) is 31.9. The van der Waals surface area contributed by atoms with Gasteiger partial charge in [-0.2, -0.15) is 0 Å². The van der Waals surface area contributed by atoms with Crippen molar-refractivity contribution < 1.29 is 56.8 Å². The molecule has 3 aromatic rings. The lowest BCUT2D eigenvalue weighted by Gasteiger charge is -2.20. The summed E-state index contributed by atoms with van der Waals surface area (Å²) in [5.74, 6) is 6.49. The minimum absolute atomic E-state index is 0.0417. The van der Waals surface area contributed by atoms with E-state index in [1.165, 1.54) is 165 Å². The molecule has 12 heteroatoms. The number of para-hydroxylation sites is 1. The van der Waals surface area contributed by atoms with Gasteiger partial charge < -0.3 is 56.8 Å². The minimum Gasteiger partial charge on any atom is -0.494 e. The van der Waals surface area contributed by atoms with Crippen molar-refractivity contribution in [1.82, 2.24) is 0 Å². The van der Waals surface area contributed by atoms with Gasteiger partial charge in [-0.05, 0) is 266 Å². The van der Waals surface area contributed by atoms with E-state index in [4.69, 9.17) is 56.8 Å². The van der Waals surface area contributed by atoms with E-state index in [0.29, 0.717) is 30.3 Å². The molecular formula is C97H182O12. The molecule has 0 amide bonds. The summed E-state index contributed by atoms with van der Waals surface area (Å²) < 4.78 is 63.7. The van der Waals surface area contributed by atoms with Gasteiger partial charge in [0, 0.05) is 93.0 Å². The summed E-state index contributed by atoms with van der Waals surface area (Å²) in [6.07, 6.45) is 40.3. The highest BCUT2D eigenvalue weighted by molar-refractivity contribution is 5.20. The molecule has 0 N–H and O–H groups in total. The molecule has 0 saturated heterocycles. The molecule has 0 radical (unpaired) electrons. The average molecular weight is 1540 g/mol. The zero-order valence-electron chi connectivity index (χ0n) is 75.9. The Kier molecular flexibility index (Phi) is 81.1. The zero-order valence-corrected chi connectivity index (χ0v) is 75.9. The average Bonchev–Trinajstić information content (AvgIpc) is 1.68. The molecule has 6 aliphatic carbocycles. The van der Waals surface area contributed by atoms with Gasteiger partial charge in [-0.25, -0.2) is 0 Å². The fourth-order valence-corrected chi connectivity index (χ4v) is 12.9. The smallest absolute Gasteiger partial charge is 0.119 e. The summed E-state index contributed by atoms with van der Waals surface area (Å²) in [4.78, 5) is 0. The Morgan fingerprint density at radius 3 is 1.23 bits per heavy atom. The molecule has 109 heavy (non-hydrogen) atoms. The second-order valence-electron chi connectivity index (χ2n) is 31.9. The van der Waals surface area contributed by atoms with Crippen LogP contribution in [0.1, 0.15) is 337 Å². The third kappa shape index (κ3) is 76.1. The molecule has 2 bridgehead atoms. The van der Waals surface area contributed by atoms with E-state index in [1.807, 2.05) is 103 Å². The zero-order chi connectivity index (χ0) is 81.7. The molecule has 5 atom stereocenters. The predicted molar refractivity (Wildman–Crippen MR) is 469 cm³/mol. The fraction of sp³-hybridized carbons (Fsp3) is 0.814. The normalized spacial score (nSPS) is 18.0. The first-order valence-electron chi connectivity index (χ1n) is 44.8. The van der Waals surface area contributed by atoms with Gasteiger partial charge in [-0.15, -0.1) is 0 Å². The molecule has 12 nitrogen and oxygen atoms in total. The number of rotatable bonds is 32. The SMILES string of the molecule is CCCOC(C)C(C)C.CCCOC(C)CC.CCOC(C)(C)C.CCOC1CCCC1.CCOC1CCCCC1.CCOCC1CC2CCC1C2.CCOCC1CCCCC1.CCOCCC1CCCCC1.CCOCCc1ccccc1.CCOCc1ccccc1.CCOc1ccccc1.COC(C)(C)C. The van der Waals surface area contributed by atoms with Crippen molar-refractivity contribution in [3.63, 3.8) is 0 Å². The van der Waals surface area contributed by atoms with Crippen molar-refractivity contribution in [2.75, 3.05) is 106 Å². The molecule has 0 heterocycles. The number of benzene rings is 3. The summed E-state index contributed by atoms with van der Waals surface area (Å²) in [5.41, 5.74) is 2.68. The van der Waals surface area contributed by atoms with Crippen LogP contribution in [0, 0.1) is 35.5 Å². The molecule has 0 aromatic heterocycles. The standard InChI is InChI=1S/C10H18O.C10H20O.C10H14O.C9H18O.C9H12O.C8H16O.C8H10O.C8H18O.C7H14O.C7H16O.C6H14O.C5H12O/c1-2-11-7-10-6-8-3-4-9(10)5-8;2*1-2-11-9-8-10-6-4-3-5-7-10;2*1-2-10-8-9-6-4-3-5-7-9;2*1-2-9-8-6-4-3-5-7-8;1-5-6-9-8(4)7(2)3;1-2-8-7-5-3-4-6-7;1-4-6-8-7(3)5-2;1-5-7-6(2,3)4;1-5(2,3)6-4/h8-10H,2-7H2,1H3;10H,2-9H2,1H3;3-7H,2,8-9H2,1H3;9H,2-8H2,1H3;3-7H,2,8H2,1H3;8H,2-7H2,1H3;3-7H,2H2,1H3;7-8H,5-6H2,1-4H3;7H,2-6H2,1H3;7H,4-6H2,1-3H3;5H2,1-4H3;1-4H3. The van der Waals surface area contributed by atoms with Crippen molar-refractivity contribution in [2.24, 2.45) is 35.5 Å². The van der Waals surface area contributed by atoms with E-state index in [9.17, 15) is 0 Å². The van der Waals surface area contributed by atoms with E-state index in [2.05, 4.69) is 140 Å². The van der Waals surface area contributed by atoms with Crippen LogP contribution in [0.15, 0.2) is 91.0 Å². The van der Waals surface area contributed by atoms with Gasteiger partial charge in [0.25, 0.3) is 0 Å². The van der Waals surface area contributed by atoms with Crippen LogP contribution >= 0.6 is 0 Å². The molecular weight excluding hydrogens is 1360 g/mol. The lowest BCUT2D eigenvalue weighted by atomic mass is 9.87. The van der Waals surface area contributed by atoms with E-state index < -0.39 is 0 Å². The predicted octanol–water partition coefficient (Wildman–Crippen LogP) is 26.9. The van der Waals surface area contributed by atoms with Crippen LogP contribution in [-0.4, -0.2) is 142 Å². The molecule has 0 spiro atoms. The highest BCUT2D eigenvalue weighted by atomic mass is 16.5.